The molecule has 1 saturated heterocycles. The van der Waals surface area contributed by atoms with Gasteiger partial charge in [0, 0.05) is 24.7 Å². The molecule has 3 heterocycles. The number of carbonyl (C=O) groups is 1. The van der Waals surface area contributed by atoms with Gasteiger partial charge in [-0.3, -0.25) is 14.6 Å². The highest BCUT2D eigenvalue weighted by Gasteiger charge is 2.44. The fourth-order valence-electron chi connectivity index (χ4n) is 4.58. The molecule has 3 aromatic rings. The fraction of sp³-hybridized carbons (Fsp3) is 0.250. The summed E-state index contributed by atoms with van der Waals surface area (Å²) in [5.41, 5.74) is 1.60. The average molecular weight is 417 g/mol. The van der Waals surface area contributed by atoms with Crippen molar-refractivity contribution in [3.05, 3.63) is 100.0 Å². The van der Waals surface area contributed by atoms with Crippen LogP contribution in [0.4, 0.5) is 0 Å². The van der Waals surface area contributed by atoms with Gasteiger partial charge in [0.15, 0.2) is 11.4 Å². The van der Waals surface area contributed by atoms with E-state index in [0.717, 1.165) is 11.1 Å². The van der Waals surface area contributed by atoms with Gasteiger partial charge in [-0.05, 0) is 11.1 Å². The molecule has 2 aliphatic heterocycles. The van der Waals surface area contributed by atoms with Crippen molar-refractivity contribution >= 4 is 5.91 Å². The van der Waals surface area contributed by atoms with Crippen LogP contribution in [0.5, 0.6) is 5.75 Å². The Morgan fingerprint density at radius 1 is 0.871 bits per heavy atom. The zero-order chi connectivity index (χ0) is 21.4. The van der Waals surface area contributed by atoms with E-state index in [1.165, 1.54) is 6.07 Å². The van der Waals surface area contributed by atoms with Crippen LogP contribution in [-0.4, -0.2) is 51.9 Å². The molecule has 0 spiro atoms. The minimum absolute atomic E-state index is 0.0208. The number of aromatic hydroxyl groups is 1. The Morgan fingerprint density at radius 3 is 2.13 bits per heavy atom. The van der Waals surface area contributed by atoms with Crippen molar-refractivity contribution in [1.82, 2.24) is 14.6 Å². The van der Waals surface area contributed by atoms with Crippen molar-refractivity contribution in [2.75, 3.05) is 26.3 Å². The Morgan fingerprint density at radius 2 is 1.48 bits per heavy atom. The predicted molar refractivity (Wildman–Crippen MR) is 115 cm³/mol. The lowest BCUT2D eigenvalue weighted by Gasteiger charge is -2.47. The summed E-state index contributed by atoms with van der Waals surface area (Å²) in [7, 11) is 0. The SMILES string of the molecule is O=C1c2c(O)c(=O)ccn2C(C(c2ccccc2)c2ccccc2)N2CCOCCN12. The molecule has 2 aromatic carbocycles. The normalized spacial score (nSPS) is 19.1. The van der Waals surface area contributed by atoms with Gasteiger partial charge in [0.05, 0.1) is 19.8 Å². The Bertz CT molecular complexity index is 1110. The first kappa shape index (κ1) is 19.5. The van der Waals surface area contributed by atoms with Gasteiger partial charge in [-0.25, -0.2) is 0 Å². The van der Waals surface area contributed by atoms with E-state index in [-0.39, 0.29) is 17.8 Å². The summed E-state index contributed by atoms with van der Waals surface area (Å²) in [6.07, 6.45) is 1.24. The lowest BCUT2D eigenvalue weighted by Crippen LogP contribution is -2.57. The summed E-state index contributed by atoms with van der Waals surface area (Å²) < 4.78 is 7.40. The van der Waals surface area contributed by atoms with Crippen molar-refractivity contribution in [2.45, 2.75) is 12.1 Å². The van der Waals surface area contributed by atoms with E-state index in [0.29, 0.717) is 26.3 Å². The second kappa shape index (κ2) is 8.02. The van der Waals surface area contributed by atoms with E-state index < -0.39 is 17.1 Å². The van der Waals surface area contributed by atoms with E-state index in [4.69, 9.17) is 4.74 Å². The molecule has 31 heavy (non-hydrogen) atoms. The van der Waals surface area contributed by atoms with Crippen LogP contribution < -0.4 is 5.43 Å². The molecule has 7 heteroatoms. The van der Waals surface area contributed by atoms with Crippen molar-refractivity contribution in [1.29, 1.82) is 0 Å². The first-order chi connectivity index (χ1) is 15.2. The predicted octanol–water partition coefficient (Wildman–Crippen LogP) is 2.59. The van der Waals surface area contributed by atoms with Gasteiger partial charge < -0.3 is 14.4 Å². The van der Waals surface area contributed by atoms with Crippen molar-refractivity contribution < 1.29 is 14.6 Å². The number of benzene rings is 2. The largest absolute Gasteiger partial charge is 0.503 e. The third kappa shape index (κ3) is 3.32. The minimum Gasteiger partial charge on any atom is -0.503 e. The lowest BCUT2D eigenvalue weighted by atomic mass is 9.87. The van der Waals surface area contributed by atoms with Crippen LogP contribution in [-0.2, 0) is 4.74 Å². The van der Waals surface area contributed by atoms with Crippen LogP contribution in [0, 0.1) is 0 Å². The molecule has 1 unspecified atom stereocenters. The summed E-state index contributed by atoms with van der Waals surface area (Å²) in [5, 5.41) is 14.2. The molecule has 1 amide bonds. The fourth-order valence-corrected chi connectivity index (χ4v) is 4.58. The molecule has 2 aliphatic rings. The molecule has 1 fully saturated rings. The van der Waals surface area contributed by atoms with Gasteiger partial charge >= 0.3 is 0 Å². The number of pyridine rings is 1. The van der Waals surface area contributed by atoms with Crippen molar-refractivity contribution in [3.63, 3.8) is 0 Å². The number of amides is 1. The molecule has 7 nitrogen and oxygen atoms in total. The number of nitrogens with zero attached hydrogens (tertiary/aromatic N) is 3. The van der Waals surface area contributed by atoms with E-state index in [1.807, 2.05) is 41.4 Å². The second-order valence-electron chi connectivity index (χ2n) is 7.70. The maximum absolute atomic E-state index is 13.3. The molecule has 1 N–H and O–H groups in total. The van der Waals surface area contributed by atoms with Crippen molar-refractivity contribution in [2.24, 2.45) is 0 Å². The van der Waals surface area contributed by atoms with Crippen LogP contribution in [0.25, 0.3) is 0 Å². The number of hydrogen-bond acceptors (Lipinski definition) is 5. The number of aromatic nitrogens is 1. The zero-order valence-electron chi connectivity index (χ0n) is 16.9. The van der Waals surface area contributed by atoms with E-state index >= 15 is 0 Å². The van der Waals surface area contributed by atoms with E-state index in [1.54, 1.807) is 15.8 Å². The smallest absolute Gasteiger partial charge is 0.288 e. The lowest BCUT2D eigenvalue weighted by molar-refractivity contribution is -0.0736. The molecule has 0 saturated carbocycles. The molecule has 0 radical (unpaired) electrons. The summed E-state index contributed by atoms with van der Waals surface area (Å²) in [6.45, 7) is 1.75. The summed E-state index contributed by atoms with van der Waals surface area (Å²) >= 11 is 0. The summed E-state index contributed by atoms with van der Waals surface area (Å²) in [4.78, 5) is 25.5. The molecule has 1 aromatic heterocycles. The van der Waals surface area contributed by atoms with E-state index in [2.05, 4.69) is 24.3 Å². The number of ether oxygens (including phenoxy) is 1. The molecule has 0 bridgehead atoms. The number of carbonyl (C=O) groups excluding carboxylic acids is 1. The van der Waals surface area contributed by atoms with Gasteiger partial charge in [-0.2, -0.15) is 5.01 Å². The van der Waals surface area contributed by atoms with Gasteiger partial charge in [-0.15, -0.1) is 0 Å². The van der Waals surface area contributed by atoms with Gasteiger partial charge in [0.1, 0.15) is 6.17 Å². The third-order valence-corrected chi connectivity index (χ3v) is 5.97. The maximum Gasteiger partial charge on any atom is 0.288 e. The third-order valence-electron chi connectivity index (χ3n) is 5.97. The maximum atomic E-state index is 13.3. The van der Waals surface area contributed by atoms with Crippen LogP contribution >= 0.6 is 0 Å². The molecular formula is C24H23N3O4. The molecule has 158 valence electrons. The van der Waals surface area contributed by atoms with Crippen LogP contribution in [0.15, 0.2) is 77.7 Å². The van der Waals surface area contributed by atoms with Crippen molar-refractivity contribution in [3.8, 4) is 5.75 Å². The van der Waals surface area contributed by atoms with Crippen LogP contribution in [0.3, 0.4) is 0 Å². The topological polar surface area (TPSA) is 75.0 Å². The second-order valence-corrected chi connectivity index (χ2v) is 7.70. The number of hydrazine groups is 1. The minimum atomic E-state index is -0.561. The highest BCUT2D eigenvalue weighted by molar-refractivity contribution is 5.95. The summed E-state index contributed by atoms with van der Waals surface area (Å²) in [6, 6.07) is 21.5. The number of rotatable bonds is 3. The van der Waals surface area contributed by atoms with Gasteiger partial charge in [-0.1, -0.05) is 60.7 Å². The monoisotopic (exact) mass is 417 g/mol. The molecule has 0 aliphatic carbocycles. The molecule has 5 rings (SSSR count). The highest BCUT2D eigenvalue weighted by Crippen LogP contribution is 2.42. The highest BCUT2D eigenvalue weighted by atomic mass is 16.5. The van der Waals surface area contributed by atoms with Gasteiger partial charge in [0.25, 0.3) is 5.91 Å². The Kier molecular flexibility index (Phi) is 5.05. The first-order valence-corrected chi connectivity index (χ1v) is 10.4. The molecular weight excluding hydrogens is 394 g/mol. The zero-order valence-corrected chi connectivity index (χ0v) is 16.9. The summed E-state index contributed by atoms with van der Waals surface area (Å²) in [5.74, 6) is -1.06. The van der Waals surface area contributed by atoms with E-state index in [9.17, 15) is 14.7 Å². The molecule has 1 atom stereocenters. The van der Waals surface area contributed by atoms with Crippen LogP contribution in [0.1, 0.15) is 33.7 Å². The first-order valence-electron chi connectivity index (χ1n) is 10.4. The number of hydrogen-bond donors (Lipinski definition) is 1. The standard InChI is InChI=1S/C24H23N3O4/c28-19-11-12-25-21(22(19)29)24(30)27-14-16-31-15-13-26(27)23(25)20(17-7-3-1-4-8-17)18-9-5-2-6-10-18/h1-12,20,23,29H,13-16H2. The Hall–Kier alpha value is -3.42. The number of fused-ring (bicyclic) bond motifs is 2. The van der Waals surface area contributed by atoms with Gasteiger partial charge in [0.2, 0.25) is 5.43 Å². The quantitative estimate of drug-likeness (QED) is 0.709. The van der Waals surface area contributed by atoms with Crippen LogP contribution in [0.2, 0.25) is 0 Å². The average Bonchev–Trinajstić information content (AvgIpc) is 3.06. The Balaban J connectivity index is 1.78. The Labute approximate surface area is 179 Å².